The predicted molar refractivity (Wildman–Crippen MR) is 85.1 cm³/mol. The molecular formula is C16H21ClN2O. The Balaban J connectivity index is 2.57. The van der Waals surface area contributed by atoms with Crippen LogP contribution in [0, 0.1) is 6.92 Å². The van der Waals surface area contributed by atoms with Crippen molar-refractivity contribution in [2.24, 2.45) is 0 Å². The van der Waals surface area contributed by atoms with Crippen LogP contribution in [0.25, 0.3) is 0 Å². The number of halogens is 1. The highest BCUT2D eigenvalue weighted by Crippen LogP contribution is 2.38. The van der Waals surface area contributed by atoms with E-state index in [1.165, 1.54) is 0 Å². The van der Waals surface area contributed by atoms with Gasteiger partial charge in [-0.15, -0.1) is 0 Å². The maximum absolute atomic E-state index is 10.1. The number of alkyl halides is 1. The number of rotatable bonds is 2. The fraction of sp³-hybridized carbons (Fsp3) is 0.375. The minimum Gasteiger partial charge on any atom is -0.508 e. The molecule has 4 heteroatoms. The van der Waals surface area contributed by atoms with Crippen LogP contribution in [0.15, 0.2) is 36.2 Å². The molecule has 1 aromatic carbocycles. The third-order valence-electron chi connectivity index (χ3n) is 3.59. The molecule has 0 bridgehead atoms. The maximum atomic E-state index is 10.1. The zero-order chi connectivity index (χ0) is 15.0. The van der Waals surface area contributed by atoms with Gasteiger partial charge >= 0.3 is 0 Å². The van der Waals surface area contributed by atoms with Gasteiger partial charge in [0.2, 0.25) is 0 Å². The van der Waals surface area contributed by atoms with Crippen LogP contribution in [0.3, 0.4) is 0 Å². The van der Waals surface area contributed by atoms with Gasteiger partial charge in [0.15, 0.2) is 5.62 Å². The average molecular weight is 293 g/mol. The molecule has 1 saturated heterocycles. The summed E-state index contributed by atoms with van der Waals surface area (Å²) in [5, 5.41) is 13.2. The van der Waals surface area contributed by atoms with Crippen LogP contribution >= 0.6 is 11.6 Å². The lowest BCUT2D eigenvalue weighted by Gasteiger charge is -2.26. The Morgan fingerprint density at radius 2 is 2.10 bits per heavy atom. The molecule has 3 nitrogen and oxygen atoms in total. The summed E-state index contributed by atoms with van der Waals surface area (Å²) in [6.07, 6.45) is 1.99. The number of phenolic OH excluding ortho intramolecular Hbond substituents is 1. The Morgan fingerprint density at radius 1 is 1.45 bits per heavy atom. The summed E-state index contributed by atoms with van der Waals surface area (Å²) < 4.78 is 0. The summed E-state index contributed by atoms with van der Waals surface area (Å²) in [6, 6.07) is 3.80. The van der Waals surface area contributed by atoms with Crippen LogP contribution in [0.5, 0.6) is 5.75 Å². The maximum Gasteiger partial charge on any atom is 0.182 e. The van der Waals surface area contributed by atoms with Gasteiger partial charge in [0, 0.05) is 5.69 Å². The molecule has 1 aliphatic heterocycles. The monoisotopic (exact) mass is 292 g/mol. The number of anilines is 1. The third kappa shape index (κ3) is 2.38. The SMILES string of the molecule is C=C1NC(Cl)N(c2cc(C(C)C)c(O)cc2C)/C1=C/C. The first-order chi connectivity index (χ1) is 9.36. The largest absolute Gasteiger partial charge is 0.508 e. The van der Waals surface area contributed by atoms with E-state index in [9.17, 15) is 5.11 Å². The lowest BCUT2D eigenvalue weighted by Crippen LogP contribution is -2.30. The van der Waals surface area contributed by atoms with Crippen molar-refractivity contribution in [2.75, 3.05) is 4.90 Å². The lowest BCUT2D eigenvalue weighted by atomic mass is 9.98. The summed E-state index contributed by atoms with van der Waals surface area (Å²) in [7, 11) is 0. The van der Waals surface area contributed by atoms with Crippen LogP contribution in [0.1, 0.15) is 37.8 Å². The van der Waals surface area contributed by atoms with Crippen LogP contribution in [-0.2, 0) is 0 Å². The molecule has 0 radical (unpaired) electrons. The van der Waals surface area contributed by atoms with E-state index in [4.69, 9.17) is 11.6 Å². The van der Waals surface area contributed by atoms with Gasteiger partial charge in [0.05, 0.1) is 11.4 Å². The van der Waals surface area contributed by atoms with Gasteiger partial charge in [-0.05, 0) is 43.0 Å². The normalized spacial score (nSPS) is 20.9. The van der Waals surface area contributed by atoms with Crippen molar-refractivity contribution in [3.8, 4) is 5.75 Å². The van der Waals surface area contributed by atoms with Gasteiger partial charge in [0.25, 0.3) is 0 Å². The third-order valence-corrected chi connectivity index (χ3v) is 3.89. The standard InChI is InChI=1S/C16H21ClN2O/c1-6-13-11(5)18-16(17)19(13)14-8-12(9(2)3)15(20)7-10(14)4/h6-9,16,18,20H,5H2,1-4H3/b13-6+. The molecule has 0 aliphatic carbocycles. The molecule has 0 spiro atoms. The summed E-state index contributed by atoms with van der Waals surface area (Å²) in [6.45, 7) is 12.0. The topological polar surface area (TPSA) is 35.5 Å². The van der Waals surface area contributed by atoms with Crippen LogP contribution in [-0.4, -0.2) is 10.7 Å². The number of aryl methyl sites for hydroxylation is 1. The second-order valence-electron chi connectivity index (χ2n) is 5.35. The summed E-state index contributed by atoms with van der Waals surface area (Å²) in [4.78, 5) is 2.00. The molecule has 1 heterocycles. The first-order valence-electron chi connectivity index (χ1n) is 6.75. The minimum absolute atomic E-state index is 0.246. The van der Waals surface area contributed by atoms with Crippen molar-refractivity contribution < 1.29 is 5.11 Å². The number of hydrogen-bond acceptors (Lipinski definition) is 3. The van der Waals surface area contributed by atoms with Crippen LogP contribution in [0.4, 0.5) is 5.69 Å². The molecule has 1 aromatic rings. The molecule has 1 aliphatic rings. The predicted octanol–water partition coefficient (Wildman–Crippen LogP) is 4.17. The Bertz CT molecular complexity index is 578. The highest BCUT2D eigenvalue weighted by molar-refractivity contribution is 6.22. The van der Waals surface area contributed by atoms with Crippen molar-refractivity contribution in [1.82, 2.24) is 5.32 Å². The molecule has 2 N–H and O–H groups in total. The minimum atomic E-state index is -0.364. The second-order valence-corrected chi connectivity index (χ2v) is 5.77. The molecule has 20 heavy (non-hydrogen) atoms. The number of aromatic hydroxyl groups is 1. The molecule has 1 atom stereocenters. The van der Waals surface area contributed by atoms with Gasteiger partial charge in [-0.3, -0.25) is 0 Å². The van der Waals surface area contributed by atoms with Crippen molar-refractivity contribution >= 4 is 17.3 Å². The van der Waals surface area contributed by atoms with E-state index < -0.39 is 0 Å². The molecule has 2 rings (SSSR count). The van der Waals surface area contributed by atoms with Crippen molar-refractivity contribution in [1.29, 1.82) is 0 Å². The van der Waals surface area contributed by atoms with E-state index in [1.807, 2.05) is 30.9 Å². The molecule has 1 unspecified atom stereocenters. The average Bonchev–Trinajstić information content (AvgIpc) is 2.63. The Morgan fingerprint density at radius 3 is 2.65 bits per heavy atom. The molecule has 0 amide bonds. The van der Waals surface area contributed by atoms with E-state index in [-0.39, 0.29) is 11.5 Å². The van der Waals surface area contributed by atoms with Crippen LogP contribution < -0.4 is 10.2 Å². The lowest BCUT2D eigenvalue weighted by molar-refractivity contribution is 0.464. The van der Waals surface area contributed by atoms with Crippen molar-refractivity contribution in [3.63, 3.8) is 0 Å². The number of nitrogens with zero attached hydrogens (tertiary/aromatic N) is 1. The first-order valence-corrected chi connectivity index (χ1v) is 7.19. The van der Waals surface area contributed by atoms with E-state index in [1.54, 1.807) is 6.07 Å². The Kier molecular flexibility index (Phi) is 4.00. The molecule has 108 valence electrons. The smallest absolute Gasteiger partial charge is 0.182 e. The fourth-order valence-electron chi connectivity index (χ4n) is 2.53. The zero-order valence-corrected chi connectivity index (χ0v) is 13.1. The second kappa shape index (κ2) is 5.41. The van der Waals surface area contributed by atoms with E-state index in [0.29, 0.717) is 5.75 Å². The van der Waals surface area contributed by atoms with E-state index >= 15 is 0 Å². The van der Waals surface area contributed by atoms with Gasteiger partial charge in [-0.25, -0.2) is 0 Å². The van der Waals surface area contributed by atoms with Gasteiger partial charge < -0.3 is 15.3 Å². The molecular weight excluding hydrogens is 272 g/mol. The molecule has 1 fully saturated rings. The van der Waals surface area contributed by atoms with E-state index in [0.717, 1.165) is 28.2 Å². The zero-order valence-electron chi connectivity index (χ0n) is 12.4. The van der Waals surface area contributed by atoms with Crippen molar-refractivity contribution in [2.45, 2.75) is 39.2 Å². The molecule has 0 aromatic heterocycles. The van der Waals surface area contributed by atoms with Gasteiger partial charge in [-0.1, -0.05) is 38.1 Å². The number of nitrogens with one attached hydrogen (secondary N) is 1. The number of hydrogen-bond donors (Lipinski definition) is 2. The summed E-state index contributed by atoms with van der Waals surface area (Å²) >= 11 is 6.38. The summed E-state index contributed by atoms with van der Waals surface area (Å²) in [5.41, 5.74) is 4.30. The molecule has 0 saturated carbocycles. The highest BCUT2D eigenvalue weighted by atomic mass is 35.5. The van der Waals surface area contributed by atoms with Crippen molar-refractivity contribution in [3.05, 3.63) is 47.3 Å². The van der Waals surface area contributed by atoms with Crippen LogP contribution in [0.2, 0.25) is 0 Å². The number of allylic oxidation sites excluding steroid dienone is 1. The quantitative estimate of drug-likeness (QED) is 0.634. The fourth-order valence-corrected chi connectivity index (χ4v) is 2.88. The highest BCUT2D eigenvalue weighted by Gasteiger charge is 2.31. The number of benzene rings is 1. The van der Waals surface area contributed by atoms with Gasteiger partial charge in [0.1, 0.15) is 5.75 Å². The Hall–Kier alpha value is -1.61. The first kappa shape index (κ1) is 14.8. The van der Waals surface area contributed by atoms with E-state index in [2.05, 4.69) is 25.7 Å². The number of phenols is 1. The summed E-state index contributed by atoms with van der Waals surface area (Å²) in [5.74, 6) is 0.580. The van der Waals surface area contributed by atoms with Gasteiger partial charge in [-0.2, -0.15) is 0 Å². The Labute approximate surface area is 125 Å².